The average Bonchev–Trinajstić information content (AvgIpc) is 3.13. The van der Waals surface area contributed by atoms with Crippen LogP contribution in [0.1, 0.15) is 40.5 Å². The van der Waals surface area contributed by atoms with Gasteiger partial charge in [-0.25, -0.2) is 0 Å². The van der Waals surface area contributed by atoms with Crippen LogP contribution < -0.4 is 10.2 Å². The van der Waals surface area contributed by atoms with Crippen LogP contribution in [0.2, 0.25) is 5.02 Å². The molecule has 134 valence electrons. The van der Waals surface area contributed by atoms with Crippen molar-refractivity contribution in [1.82, 2.24) is 4.90 Å². The van der Waals surface area contributed by atoms with Crippen molar-refractivity contribution >= 4 is 34.8 Å². The Bertz CT molecular complexity index is 866. The highest BCUT2D eigenvalue weighted by Gasteiger charge is 2.39. The first kappa shape index (κ1) is 16.9. The Morgan fingerprint density at radius 2 is 2.00 bits per heavy atom. The van der Waals surface area contributed by atoms with Crippen LogP contribution in [0, 0.1) is 0 Å². The molecule has 6 heteroatoms. The normalized spacial score (nSPS) is 18.5. The molecule has 1 N–H and O–H groups in total. The Balaban J connectivity index is 1.65. The number of hydrogen-bond donors (Lipinski definition) is 1. The Hall–Kier alpha value is -2.53. The first-order valence-electron chi connectivity index (χ1n) is 8.87. The van der Waals surface area contributed by atoms with Gasteiger partial charge in [0, 0.05) is 29.4 Å². The standard InChI is InChI=1S/C20H20ClN3O2/c1-2-23-17-12-13(19(25)22-15-8-6-14(21)7-9-15)5-10-16(17)20(26)24-11-3-4-18(23)24/h5-10,12,18H,2-4,11H2,1H3,(H,22,25)/t18-/m0/s1. The summed E-state index contributed by atoms with van der Waals surface area (Å²) in [6.07, 6.45) is 2.10. The molecule has 1 fully saturated rings. The molecule has 1 atom stereocenters. The minimum absolute atomic E-state index is 0.0665. The summed E-state index contributed by atoms with van der Waals surface area (Å²) in [5, 5.41) is 3.49. The minimum Gasteiger partial charge on any atom is -0.351 e. The molecule has 0 saturated carbocycles. The molecule has 0 unspecified atom stereocenters. The van der Waals surface area contributed by atoms with Crippen LogP contribution in [-0.2, 0) is 0 Å². The zero-order valence-corrected chi connectivity index (χ0v) is 15.3. The van der Waals surface area contributed by atoms with Crippen LogP contribution in [-0.4, -0.2) is 36.0 Å². The molecule has 2 aliphatic heterocycles. The molecule has 26 heavy (non-hydrogen) atoms. The van der Waals surface area contributed by atoms with Gasteiger partial charge in [0.1, 0.15) is 6.17 Å². The van der Waals surface area contributed by atoms with Crippen molar-refractivity contribution < 1.29 is 9.59 Å². The molecule has 0 aliphatic carbocycles. The fraction of sp³-hybridized carbons (Fsp3) is 0.300. The number of halogens is 1. The van der Waals surface area contributed by atoms with E-state index in [4.69, 9.17) is 11.6 Å². The number of anilines is 2. The number of carbonyl (C=O) groups is 2. The Kier molecular flexibility index (Phi) is 4.32. The van der Waals surface area contributed by atoms with E-state index in [0.717, 1.165) is 31.6 Å². The molecule has 0 radical (unpaired) electrons. The van der Waals surface area contributed by atoms with E-state index in [9.17, 15) is 9.59 Å². The van der Waals surface area contributed by atoms with E-state index >= 15 is 0 Å². The summed E-state index contributed by atoms with van der Waals surface area (Å²) in [6, 6.07) is 12.3. The summed E-state index contributed by atoms with van der Waals surface area (Å²) < 4.78 is 0. The SMILES string of the molecule is CCN1c2cc(C(=O)Nc3ccc(Cl)cc3)ccc2C(=O)N2CCC[C@H]21. The van der Waals surface area contributed by atoms with Gasteiger partial charge in [-0.15, -0.1) is 0 Å². The van der Waals surface area contributed by atoms with Gasteiger partial charge in [-0.2, -0.15) is 0 Å². The monoisotopic (exact) mass is 369 g/mol. The summed E-state index contributed by atoms with van der Waals surface area (Å²) in [4.78, 5) is 29.5. The molecular formula is C20H20ClN3O2. The topological polar surface area (TPSA) is 52.7 Å². The van der Waals surface area contributed by atoms with Crippen LogP contribution in [0.4, 0.5) is 11.4 Å². The van der Waals surface area contributed by atoms with Gasteiger partial charge < -0.3 is 15.1 Å². The Morgan fingerprint density at radius 3 is 2.73 bits per heavy atom. The number of nitrogens with zero attached hydrogens (tertiary/aromatic N) is 2. The van der Waals surface area contributed by atoms with Gasteiger partial charge in [-0.05, 0) is 62.2 Å². The molecule has 2 amide bonds. The molecule has 1 saturated heterocycles. The maximum Gasteiger partial charge on any atom is 0.257 e. The highest BCUT2D eigenvalue weighted by molar-refractivity contribution is 6.30. The molecule has 2 aromatic rings. The van der Waals surface area contributed by atoms with E-state index in [1.807, 2.05) is 11.0 Å². The van der Waals surface area contributed by atoms with E-state index in [0.29, 0.717) is 21.8 Å². The molecule has 5 nitrogen and oxygen atoms in total. The molecule has 0 spiro atoms. The smallest absolute Gasteiger partial charge is 0.257 e. The molecule has 0 aromatic heterocycles. The highest BCUT2D eigenvalue weighted by Crippen LogP contribution is 2.36. The van der Waals surface area contributed by atoms with Gasteiger partial charge in [0.15, 0.2) is 0 Å². The third kappa shape index (κ3) is 2.82. The minimum atomic E-state index is -0.201. The lowest BCUT2D eigenvalue weighted by atomic mass is 10.0. The summed E-state index contributed by atoms with van der Waals surface area (Å²) >= 11 is 5.88. The van der Waals surface area contributed by atoms with Gasteiger partial charge >= 0.3 is 0 Å². The number of fused-ring (bicyclic) bond motifs is 2. The molecule has 2 heterocycles. The molecule has 0 bridgehead atoms. The number of amides is 2. The zero-order valence-electron chi connectivity index (χ0n) is 14.5. The lowest BCUT2D eigenvalue weighted by molar-refractivity contribution is 0.0715. The summed E-state index contributed by atoms with van der Waals surface area (Å²) in [5.41, 5.74) is 2.75. The molecule has 4 rings (SSSR count). The summed E-state index contributed by atoms with van der Waals surface area (Å²) in [5.74, 6) is -0.135. The third-order valence-corrected chi connectivity index (χ3v) is 5.34. The second-order valence-corrected chi connectivity index (χ2v) is 7.04. The first-order chi connectivity index (χ1) is 12.6. The van der Waals surface area contributed by atoms with Crippen LogP contribution in [0.15, 0.2) is 42.5 Å². The predicted molar refractivity (Wildman–Crippen MR) is 103 cm³/mol. The zero-order chi connectivity index (χ0) is 18.3. The van der Waals surface area contributed by atoms with E-state index in [2.05, 4.69) is 17.1 Å². The van der Waals surface area contributed by atoms with Crippen molar-refractivity contribution in [2.24, 2.45) is 0 Å². The third-order valence-electron chi connectivity index (χ3n) is 5.08. The van der Waals surface area contributed by atoms with Gasteiger partial charge in [0.2, 0.25) is 0 Å². The molecular weight excluding hydrogens is 350 g/mol. The van der Waals surface area contributed by atoms with Crippen molar-refractivity contribution in [3.63, 3.8) is 0 Å². The fourth-order valence-electron chi connectivity index (χ4n) is 3.83. The lowest BCUT2D eigenvalue weighted by Crippen LogP contribution is -2.52. The maximum atomic E-state index is 12.7. The number of benzene rings is 2. The van der Waals surface area contributed by atoms with Gasteiger partial charge in [0.25, 0.3) is 11.8 Å². The predicted octanol–water partition coefficient (Wildman–Crippen LogP) is 3.99. The van der Waals surface area contributed by atoms with Crippen LogP contribution in [0.5, 0.6) is 0 Å². The van der Waals surface area contributed by atoms with E-state index in [1.54, 1.807) is 36.4 Å². The second kappa shape index (κ2) is 6.65. The van der Waals surface area contributed by atoms with Crippen molar-refractivity contribution in [3.05, 3.63) is 58.6 Å². The maximum absolute atomic E-state index is 12.7. The quantitative estimate of drug-likeness (QED) is 0.889. The highest BCUT2D eigenvalue weighted by atomic mass is 35.5. The number of hydrogen-bond acceptors (Lipinski definition) is 3. The van der Waals surface area contributed by atoms with Crippen molar-refractivity contribution in [2.45, 2.75) is 25.9 Å². The first-order valence-corrected chi connectivity index (χ1v) is 9.25. The van der Waals surface area contributed by atoms with Crippen molar-refractivity contribution in [1.29, 1.82) is 0 Å². The number of carbonyl (C=O) groups excluding carboxylic acids is 2. The van der Waals surface area contributed by atoms with Gasteiger partial charge in [0.05, 0.1) is 11.3 Å². The van der Waals surface area contributed by atoms with Crippen molar-refractivity contribution in [2.75, 3.05) is 23.3 Å². The Labute approximate surface area is 157 Å². The van der Waals surface area contributed by atoms with E-state index in [1.165, 1.54) is 0 Å². The van der Waals surface area contributed by atoms with Crippen LogP contribution in [0.25, 0.3) is 0 Å². The van der Waals surface area contributed by atoms with Crippen LogP contribution >= 0.6 is 11.6 Å². The van der Waals surface area contributed by atoms with E-state index in [-0.39, 0.29) is 18.0 Å². The molecule has 2 aliphatic rings. The van der Waals surface area contributed by atoms with Crippen LogP contribution in [0.3, 0.4) is 0 Å². The average molecular weight is 370 g/mol. The van der Waals surface area contributed by atoms with E-state index < -0.39 is 0 Å². The summed E-state index contributed by atoms with van der Waals surface area (Å²) in [6.45, 7) is 3.68. The Morgan fingerprint density at radius 1 is 1.23 bits per heavy atom. The molecule has 2 aromatic carbocycles. The second-order valence-electron chi connectivity index (χ2n) is 6.60. The summed E-state index contributed by atoms with van der Waals surface area (Å²) in [7, 11) is 0. The lowest BCUT2D eigenvalue weighted by Gasteiger charge is -2.41. The van der Waals surface area contributed by atoms with Gasteiger partial charge in [-0.3, -0.25) is 9.59 Å². The van der Waals surface area contributed by atoms with Crippen molar-refractivity contribution in [3.8, 4) is 0 Å². The number of nitrogens with one attached hydrogen (secondary N) is 1. The number of rotatable bonds is 3. The van der Waals surface area contributed by atoms with Gasteiger partial charge in [-0.1, -0.05) is 11.6 Å². The largest absolute Gasteiger partial charge is 0.351 e. The fourth-order valence-corrected chi connectivity index (χ4v) is 3.96.